The summed E-state index contributed by atoms with van der Waals surface area (Å²) in [6.07, 6.45) is 3.81. The Hall–Kier alpha value is -2.70. The van der Waals surface area contributed by atoms with Crippen LogP contribution in [0.5, 0.6) is 0 Å². The Kier molecular flexibility index (Phi) is 5.69. The molecule has 7 heteroatoms. The maximum Gasteiger partial charge on any atom is 0.282 e. The molecule has 2 aromatic heterocycles. The van der Waals surface area contributed by atoms with Crippen molar-refractivity contribution in [1.29, 1.82) is 0 Å². The van der Waals surface area contributed by atoms with Gasteiger partial charge in [0.25, 0.3) is 5.56 Å². The Morgan fingerprint density at radius 2 is 1.68 bits per heavy atom. The highest BCUT2D eigenvalue weighted by Crippen LogP contribution is 2.22. The standard InChI is InChI=1S/C21H17ClN4OS/c22-17-8-6-16(7-9-17)14-28-21-25-19-18(23-11-12-24-19)20(27)26(21)13-10-15-4-2-1-3-5-15/h1-9,11-12H,10,13-14H2. The lowest BCUT2D eigenvalue weighted by molar-refractivity contribution is 0.593. The van der Waals surface area contributed by atoms with Gasteiger partial charge in [0.2, 0.25) is 0 Å². The average Bonchev–Trinajstić information content (AvgIpc) is 2.74. The fourth-order valence-corrected chi connectivity index (χ4v) is 3.95. The molecule has 0 radical (unpaired) electrons. The molecule has 0 N–H and O–H groups in total. The lowest BCUT2D eigenvalue weighted by Gasteiger charge is -2.12. The minimum atomic E-state index is -0.160. The second kappa shape index (κ2) is 8.54. The van der Waals surface area contributed by atoms with Crippen LogP contribution in [0.3, 0.4) is 0 Å². The molecule has 2 aromatic carbocycles. The van der Waals surface area contributed by atoms with E-state index < -0.39 is 0 Å². The highest BCUT2D eigenvalue weighted by molar-refractivity contribution is 7.98. The van der Waals surface area contributed by atoms with Crippen LogP contribution in [0, 0.1) is 0 Å². The van der Waals surface area contributed by atoms with Crippen molar-refractivity contribution in [2.75, 3.05) is 0 Å². The molecular formula is C21H17ClN4OS. The van der Waals surface area contributed by atoms with Crippen LogP contribution in [0.15, 0.2) is 76.9 Å². The zero-order valence-corrected chi connectivity index (χ0v) is 16.5. The van der Waals surface area contributed by atoms with Gasteiger partial charge in [0.05, 0.1) is 0 Å². The number of fused-ring (bicyclic) bond motifs is 1. The third kappa shape index (κ3) is 4.24. The molecule has 0 aliphatic rings. The van der Waals surface area contributed by atoms with Crippen molar-refractivity contribution < 1.29 is 0 Å². The fourth-order valence-electron chi connectivity index (χ4n) is 2.85. The molecule has 0 aliphatic carbocycles. The summed E-state index contributed by atoms with van der Waals surface area (Å²) in [5.74, 6) is 0.681. The highest BCUT2D eigenvalue weighted by atomic mass is 35.5. The summed E-state index contributed by atoms with van der Waals surface area (Å²) in [5, 5.41) is 1.34. The molecule has 0 amide bonds. The first kappa shape index (κ1) is 18.7. The summed E-state index contributed by atoms with van der Waals surface area (Å²) < 4.78 is 1.70. The summed E-state index contributed by atoms with van der Waals surface area (Å²) in [5.41, 5.74) is 2.79. The van der Waals surface area contributed by atoms with E-state index in [0.717, 1.165) is 12.0 Å². The Bertz CT molecular complexity index is 1150. The molecular weight excluding hydrogens is 392 g/mol. The van der Waals surface area contributed by atoms with E-state index >= 15 is 0 Å². The quantitative estimate of drug-likeness (QED) is 0.350. The Morgan fingerprint density at radius 3 is 2.46 bits per heavy atom. The molecule has 0 saturated carbocycles. The molecule has 0 aliphatic heterocycles. The van der Waals surface area contributed by atoms with Gasteiger partial charge >= 0.3 is 0 Å². The van der Waals surface area contributed by atoms with Gasteiger partial charge in [-0.3, -0.25) is 9.36 Å². The maximum absolute atomic E-state index is 13.0. The largest absolute Gasteiger partial charge is 0.285 e. The van der Waals surface area contributed by atoms with Crippen LogP contribution in [0.2, 0.25) is 5.02 Å². The summed E-state index contributed by atoms with van der Waals surface area (Å²) in [6, 6.07) is 17.8. The highest BCUT2D eigenvalue weighted by Gasteiger charge is 2.13. The Balaban J connectivity index is 1.66. The van der Waals surface area contributed by atoms with E-state index in [-0.39, 0.29) is 5.56 Å². The lowest BCUT2D eigenvalue weighted by Crippen LogP contribution is -2.25. The van der Waals surface area contributed by atoms with Gasteiger partial charge in [0.1, 0.15) is 0 Å². The van der Waals surface area contributed by atoms with Gasteiger partial charge in [-0.15, -0.1) is 0 Å². The molecule has 0 atom stereocenters. The van der Waals surface area contributed by atoms with Crippen LogP contribution >= 0.6 is 23.4 Å². The number of thioether (sulfide) groups is 1. The van der Waals surface area contributed by atoms with Crippen LogP contribution in [0.1, 0.15) is 11.1 Å². The van der Waals surface area contributed by atoms with E-state index in [4.69, 9.17) is 11.6 Å². The number of hydrogen-bond acceptors (Lipinski definition) is 5. The van der Waals surface area contributed by atoms with Gasteiger partial charge in [-0.1, -0.05) is 65.8 Å². The van der Waals surface area contributed by atoms with Crippen LogP contribution in [-0.4, -0.2) is 19.5 Å². The number of hydrogen-bond donors (Lipinski definition) is 0. The van der Waals surface area contributed by atoms with E-state index in [0.29, 0.717) is 33.6 Å². The summed E-state index contributed by atoms with van der Waals surface area (Å²) in [4.78, 5) is 26.0. The maximum atomic E-state index is 13.0. The summed E-state index contributed by atoms with van der Waals surface area (Å²) >= 11 is 7.47. The molecule has 4 rings (SSSR count). The van der Waals surface area contributed by atoms with Crippen molar-refractivity contribution in [1.82, 2.24) is 19.5 Å². The van der Waals surface area contributed by atoms with E-state index in [1.54, 1.807) is 10.8 Å². The van der Waals surface area contributed by atoms with Crippen molar-refractivity contribution in [3.63, 3.8) is 0 Å². The van der Waals surface area contributed by atoms with Gasteiger partial charge < -0.3 is 0 Å². The topological polar surface area (TPSA) is 60.7 Å². The summed E-state index contributed by atoms with van der Waals surface area (Å²) in [6.45, 7) is 0.533. The number of aryl methyl sites for hydroxylation is 1. The molecule has 140 valence electrons. The second-order valence-corrected chi connectivity index (χ2v) is 7.61. The van der Waals surface area contributed by atoms with Crippen LogP contribution < -0.4 is 5.56 Å². The SMILES string of the molecule is O=c1c2nccnc2nc(SCc2ccc(Cl)cc2)n1CCc1ccccc1. The smallest absolute Gasteiger partial charge is 0.282 e. The predicted octanol–water partition coefficient (Wildman–Crippen LogP) is 4.37. The van der Waals surface area contributed by atoms with E-state index in [1.807, 2.05) is 42.5 Å². The summed E-state index contributed by atoms with van der Waals surface area (Å²) in [7, 11) is 0. The molecule has 0 saturated heterocycles. The first-order valence-corrected chi connectivity index (χ1v) is 10.2. The monoisotopic (exact) mass is 408 g/mol. The molecule has 0 unspecified atom stereocenters. The Morgan fingerprint density at radius 1 is 0.929 bits per heavy atom. The van der Waals surface area contributed by atoms with Crippen molar-refractivity contribution in [2.45, 2.75) is 23.9 Å². The molecule has 5 nitrogen and oxygen atoms in total. The van der Waals surface area contributed by atoms with Gasteiger partial charge in [0, 0.05) is 29.7 Å². The van der Waals surface area contributed by atoms with Gasteiger partial charge in [-0.05, 0) is 29.7 Å². The van der Waals surface area contributed by atoms with Crippen molar-refractivity contribution >= 4 is 34.5 Å². The van der Waals surface area contributed by atoms with E-state index in [2.05, 4.69) is 27.1 Å². The molecule has 0 spiro atoms. The zero-order chi connectivity index (χ0) is 19.3. The minimum absolute atomic E-state index is 0.160. The number of nitrogens with zero attached hydrogens (tertiary/aromatic N) is 4. The second-order valence-electron chi connectivity index (χ2n) is 6.23. The zero-order valence-electron chi connectivity index (χ0n) is 15.0. The first-order chi connectivity index (χ1) is 13.7. The van der Waals surface area contributed by atoms with Crippen molar-refractivity contribution in [3.05, 3.63) is 93.5 Å². The number of rotatable bonds is 6. The predicted molar refractivity (Wildman–Crippen MR) is 113 cm³/mol. The van der Waals surface area contributed by atoms with Crippen molar-refractivity contribution in [2.24, 2.45) is 0 Å². The van der Waals surface area contributed by atoms with Crippen LogP contribution in [0.4, 0.5) is 0 Å². The molecule has 4 aromatic rings. The van der Waals surface area contributed by atoms with Crippen molar-refractivity contribution in [3.8, 4) is 0 Å². The molecule has 0 bridgehead atoms. The third-order valence-corrected chi connectivity index (χ3v) is 5.61. The lowest BCUT2D eigenvalue weighted by atomic mass is 10.1. The number of benzene rings is 2. The molecule has 2 heterocycles. The first-order valence-electron chi connectivity index (χ1n) is 8.83. The fraction of sp³-hybridized carbons (Fsp3) is 0.143. The minimum Gasteiger partial charge on any atom is -0.285 e. The van der Waals surface area contributed by atoms with Gasteiger partial charge in [-0.2, -0.15) is 0 Å². The van der Waals surface area contributed by atoms with Gasteiger partial charge in [-0.25, -0.2) is 15.0 Å². The third-order valence-electron chi connectivity index (χ3n) is 4.31. The van der Waals surface area contributed by atoms with E-state index in [1.165, 1.54) is 23.5 Å². The van der Waals surface area contributed by atoms with E-state index in [9.17, 15) is 4.79 Å². The molecule has 28 heavy (non-hydrogen) atoms. The molecule has 0 fully saturated rings. The van der Waals surface area contributed by atoms with Crippen LogP contribution in [-0.2, 0) is 18.7 Å². The Labute approximate surface area is 171 Å². The van der Waals surface area contributed by atoms with Crippen LogP contribution in [0.25, 0.3) is 11.2 Å². The number of halogens is 1. The normalized spacial score (nSPS) is 11.0. The van der Waals surface area contributed by atoms with Gasteiger partial charge in [0.15, 0.2) is 16.3 Å². The average molecular weight is 409 g/mol. The number of aromatic nitrogens is 4.